The van der Waals surface area contributed by atoms with Crippen molar-refractivity contribution in [1.29, 1.82) is 0 Å². The van der Waals surface area contributed by atoms with Gasteiger partial charge in [0, 0.05) is 11.0 Å². The van der Waals surface area contributed by atoms with Crippen molar-refractivity contribution in [3.63, 3.8) is 0 Å². The molecule has 0 bridgehead atoms. The molecule has 2 heteroatoms. The maximum atomic E-state index is 5.15. The second-order valence-electron chi connectivity index (χ2n) is 5.96. The van der Waals surface area contributed by atoms with Gasteiger partial charge in [-0.3, -0.25) is 0 Å². The van der Waals surface area contributed by atoms with Crippen LogP contribution in [0.25, 0.3) is 0 Å². The smallest absolute Gasteiger partial charge is 0.0940 e. The SMILES string of the molecule is CC(C)(C)NCC1CC1(C)c1ccoc1. The molecule has 1 fully saturated rings. The van der Waals surface area contributed by atoms with E-state index in [1.807, 2.05) is 6.26 Å². The van der Waals surface area contributed by atoms with Gasteiger partial charge in [0.25, 0.3) is 0 Å². The predicted octanol–water partition coefficient (Wildman–Crippen LogP) is 2.95. The number of furan rings is 1. The van der Waals surface area contributed by atoms with Crippen LogP contribution in [0.1, 0.15) is 39.7 Å². The molecule has 2 rings (SSSR count). The number of rotatable bonds is 3. The lowest BCUT2D eigenvalue weighted by Gasteiger charge is -2.21. The molecule has 1 aliphatic carbocycles. The Balaban J connectivity index is 1.90. The van der Waals surface area contributed by atoms with E-state index in [9.17, 15) is 0 Å². The van der Waals surface area contributed by atoms with Crippen LogP contribution in [-0.2, 0) is 5.41 Å². The molecule has 1 heterocycles. The second kappa shape index (κ2) is 3.38. The zero-order valence-electron chi connectivity index (χ0n) is 10.1. The van der Waals surface area contributed by atoms with Crippen LogP contribution >= 0.6 is 0 Å². The Morgan fingerprint density at radius 1 is 1.53 bits per heavy atom. The third kappa shape index (κ3) is 2.25. The maximum Gasteiger partial charge on any atom is 0.0940 e. The van der Waals surface area contributed by atoms with Crippen molar-refractivity contribution >= 4 is 0 Å². The summed E-state index contributed by atoms with van der Waals surface area (Å²) < 4.78 is 5.15. The molecule has 0 saturated heterocycles. The molecule has 0 amide bonds. The third-order valence-electron chi connectivity index (χ3n) is 3.47. The summed E-state index contributed by atoms with van der Waals surface area (Å²) >= 11 is 0. The van der Waals surface area contributed by atoms with Crippen LogP contribution < -0.4 is 5.32 Å². The molecule has 0 aromatic carbocycles. The summed E-state index contributed by atoms with van der Waals surface area (Å²) in [5.74, 6) is 0.759. The highest BCUT2D eigenvalue weighted by Gasteiger charge is 2.51. The van der Waals surface area contributed by atoms with Crippen LogP contribution in [0.15, 0.2) is 23.0 Å². The Labute approximate surface area is 92.1 Å². The quantitative estimate of drug-likeness (QED) is 0.824. The summed E-state index contributed by atoms with van der Waals surface area (Å²) in [6.07, 6.45) is 4.93. The van der Waals surface area contributed by atoms with Crippen LogP contribution in [-0.4, -0.2) is 12.1 Å². The number of hydrogen-bond acceptors (Lipinski definition) is 2. The first-order valence-corrected chi connectivity index (χ1v) is 5.69. The van der Waals surface area contributed by atoms with Crippen LogP contribution in [0.3, 0.4) is 0 Å². The van der Waals surface area contributed by atoms with Gasteiger partial charge in [-0.15, -0.1) is 0 Å². The topological polar surface area (TPSA) is 25.2 Å². The van der Waals surface area contributed by atoms with E-state index in [-0.39, 0.29) is 5.54 Å². The molecule has 84 valence electrons. The number of hydrogen-bond donors (Lipinski definition) is 1. The summed E-state index contributed by atoms with van der Waals surface area (Å²) in [5, 5.41) is 3.57. The summed E-state index contributed by atoms with van der Waals surface area (Å²) in [5.41, 5.74) is 1.92. The molecular formula is C13H21NO. The van der Waals surface area contributed by atoms with Crippen LogP contribution in [0.5, 0.6) is 0 Å². The van der Waals surface area contributed by atoms with Crippen LogP contribution in [0.2, 0.25) is 0 Å². The van der Waals surface area contributed by atoms with E-state index in [0.29, 0.717) is 5.41 Å². The Bertz CT molecular complexity index is 323. The Hall–Kier alpha value is -0.760. The van der Waals surface area contributed by atoms with Gasteiger partial charge in [0.2, 0.25) is 0 Å². The van der Waals surface area contributed by atoms with Gasteiger partial charge in [-0.1, -0.05) is 6.92 Å². The molecule has 1 saturated carbocycles. The molecule has 2 atom stereocenters. The maximum absolute atomic E-state index is 5.15. The molecule has 15 heavy (non-hydrogen) atoms. The molecule has 2 nitrogen and oxygen atoms in total. The highest BCUT2D eigenvalue weighted by molar-refractivity contribution is 5.29. The minimum atomic E-state index is 0.222. The van der Waals surface area contributed by atoms with E-state index < -0.39 is 0 Å². The van der Waals surface area contributed by atoms with Gasteiger partial charge in [0.05, 0.1) is 12.5 Å². The van der Waals surface area contributed by atoms with Crippen molar-refractivity contribution in [2.45, 2.75) is 45.1 Å². The minimum absolute atomic E-state index is 0.222. The molecule has 1 aromatic rings. The molecule has 1 N–H and O–H groups in total. The zero-order chi connectivity index (χ0) is 11.1. The fraction of sp³-hybridized carbons (Fsp3) is 0.692. The van der Waals surface area contributed by atoms with Gasteiger partial charge in [0.1, 0.15) is 0 Å². The van der Waals surface area contributed by atoms with Crippen molar-refractivity contribution in [2.75, 3.05) is 6.54 Å². The standard InChI is InChI=1S/C13H21NO/c1-12(2,3)14-8-11-7-13(11,4)10-5-6-15-9-10/h5-6,9,11,14H,7-8H2,1-4H3. The normalized spacial score (nSPS) is 30.5. The first-order chi connectivity index (χ1) is 6.92. The zero-order valence-corrected chi connectivity index (χ0v) is 10.1. The van der Waals surface area contributed by atoms with E-state index in [0.717, 1.165) is 12.5 Å². The van der Waals surface area contributed by atoms with E-state index in [1.54, 1.807) is 6.26 Å². The van der Waals surface area contributed by atoms with E-state index in [4.69, 9.17) is 4.42 Å². The fourth-order valence-corrected chi connectivity index (χ4v) is 2.12. The second-order valence-corrected chi connectivity index (χ2v) is 5.96. The average Bonchev–Trinajstić information content (AvgIpc) is 2.63. The van der Waals surface area contributed by atoms with Gasteiger partial charge in [-0.25, -0.2) is 0 Å². The van der Waals surface area contributed by atoms with Crippen molar-refractivity contribution < 1.29 is 4.42 Å². The molecule has 1 aromatic heterocycles. The van der Waals surface area contributed by atoms with Crippen LogP contribution in [0, 0.1) is 5.92 Å². The molecule has 2 unspecified atom stereocenters. The van der Waals surface area contributed by atoms with Gasteiger partial charge < -0.3 is 9.73 Å². The van der Waals surface area contributed by atoms with Crippen molar-refractivity contribution in [1.82, 2.24) is 5.32 Å². The van der Waals surface area contributed by atoms with E-state index >= 15 is 0 Å². The van der Waals surface area contributed by atoms with Crippen LogP contribution in [0.4, 0.5) is 0 Å². The van der Waals surface area contributed by atoms with Crippen molar-refractivity contribution in [2.24, 2.45) is 5.92 Å². The molecule has 0 radical (unpaired) electrons. The van der Waals surface area contributed by atoms with E-state index in [1.165, 1.54) is 12.0 Å². The minimum Gasteiger partial charge on any atom is -0.472 e. The van der Waals surface area contributed by atoms with Gasteiger partial charge in [0.15, 0.2) is 0 Å². The lowest BCUT2D eigenvalue weighted by molar-refractivity contribution is 0.406. The predicted molar refractivity (Wildman–Crippen MR) is 61.9 cm³/mol. The molecular weight excluding hydrogens is 186 g/mol. The average molecular weight is 207 g/mol. The lowest BCUT2D eigenvalue weighted by atomic mass is 9.98. The molecule has 0 spiro atoms. The summed E-state index contributed by atoms with van der Waals surface area (Å²) in [6.45, 7) is 10.1. The highest BCUT2D eigenvalue weighted by Crippen LogP contribution is 2.53. The van der Waals surface area contributed by atoms with Gasteiger partial charge in [-0.2, -0.15) is 0 Å². The third-order valence-corrected chi connectivity index (χ3v) is 3.47. The largest absolute Gasteiger partial charge is 0.472 e. The van der Waals surface area contributed by atoms with Gasteiger partial charge in [-0.05, 0) is 51.3 Å². The van der Waals surface area contributed by atoms with E-state index in [2.05, 4.69) is 39.1 Å². The Morgan fingerprint density at radius 3 is 2.80 bits per heavy atom. The first kappa shape index (κ1) is 10.7. The Morgan fingerprint density at radius 2 is 2.27 bits per heavy atom. The monoisotopic (exact) mass is 207 g/mol. The highest BCUT2D eigenvalue weighted by atomic mass is 16.3. The van der Waals surface area contributed by atoms with Crippen molar-refractivity contribution in [3.05, 3.63) is 24.2 Å². The molecule has 0 aliphatic heterocycles. The number of nitrogens with one attached hydrogen (secondary N) is 1. The summed E-state index contributed by atoms with van der Waals surface area (Å²) in [7, 11) is 0. The molecule has 1 aliphatic rings. The summed E-state index contributed by atoms with van der Waals surface area (Å²) in [4.78, 5) is 0. The first-order valence-electron chi connectivity index (χ1n) is 5.69. The lowest BCUT2D eigenvalue weighted by Crippen LogP contribution is -2.37. The summed E-state index contributed by atoms with van der Waals surface area (Å²) in [6, 6.07) is 2.09. The van der Waals surface area contributed by atoms with Crippen molar-refractivity contribution in [3.8, 4) is 0 Å². The fourth-order valence-electron chi connectivity index (χ4n) is 2.12. The van der Waals surface area contributed by atoms with Gasteiger partial charge >= 0.3 is 0 Å². The Kier molecular flexibility index (Phi) is 2.42.